The smallest absolute Gasteiger partial charge is 0.223 e. The number of hydrogen-bond acceptors (Lipinski definition) is 3. The summed E-state index contributed by atoms with van der Waals surface area (Å²) in [7, 11) is 0. The molecule has 0 unspecified atom stereocenters. The molecule has 0 spiro atoms. The van der Waals surface area contributed by atoms with E-state index < -0.39 is 5.54 Å². The minimum absolute atomic E-state index is 0.0964. The van der Waals surface area contributed by atoms with Gasteiger partial charge in [-0.25, -0.2) is 0 Å². The molecule has 2 rings (SSSR count). The first-order chi connectivity index (χ1) is 10.2. The van der Waals surface area contributed by atoms with E-state index in [0.29, 0.717) is 0 Å². The number of rotatable bonds is 3. The Kier molecular flexibility index (Phi) is 5.88. The maximum absolute atomic E-state index is 12.7. The molecule has 2 aliphatic rings. The third-order valence-corrected chi connectivity index (χ3v) is 5.14. The zero-order valence-electron chi connectivity index (χ0n) is 12.9. The summed E-state index contributed by atoms with van der Waals surface area (Å²) in [6, 6.07) is 0. The molecule has 0 bridgehead atoms. The number of nitrogens with one attached hydrogen (secondary N) is 1. The van der Waals surface area contributed by atoms with Gasteiger partial charge in [0.1, 0.15) is 5.54 Å². The Labute approximate surface area is 127 Å². The lowest BCUT2D eigenvalue weighted by molar-refractivity contribution is -0.126. The molecule has 1 amide bonds. The van der Waals surface area contributed by atoms with Gasteiger partial charge in [0.15, 0.2) is 5.84 Å². The lowest BCUT2D eigenvalue weighted by Gasteiger charge is -2.34. The molecule has 5 nitrogen and oxygen atoms in total. The molecule has 4 N–H and O–H groups in total. The van der Waals surface area contributed by atoms with Crippen LogP contribution < -0.4 is 11.1 Å². The number of nitrogens with zero attached hydrogens (tertiary/aromatic N) is 1. The molecular formula is C16H29N3O2. The predicted octanol–water partition coefficient (Wildman–Crippen LogP) is 2.91. The fraction of sp³-hybridized carbons (Fsp3) is 0.875. The van der Waals surface area contributed by atoms with Gasteiger partial charge in [0, 0.05) is 5.92 Å². The van der Waals surface area contributed by atoms with Gasteiger partial charge in [-0.05, 0) is 25.7 Å². The van der Waals surface area contributed by atoms with E-state index in [4.69, 9.17) is 10.9 Å². The summed E-state index contributed by atoms with van der Waals surface area (Å²) in [5.41, 5.74) is 5.32. The normalized spacial score (nSPS) is 24.9. The summed E-state index contributed by atoms with van der Waals surface area (Å²) >= 11 is 0. The molecule has 0 radical (unpaired) electrons. The molecule has 2 aliphatic carbocycles. The quantitative estimate of drug-likeness (QED) is 0.246. The summed E-state index contributed by atoms with van der Waals surface area (Å²) in [5.74, 6) is 0.371. The first-order valence-electron chi connectivity index (χ1n) is 8.48. The fourth-order valence-electron chi connectivity index (χ4n) is 3.75. The van der Waals surface area contributed by atoms with Gasteiger partial charge in [-0.1, -0.05) is 56.5 Å². The Morgan fingerprint density at radius 3 is 2.05 bits per heavy atom. The van der Waals surface area contributed by atoms with Crippen LogP contribution in [-0.4, -0.2) is 22.5 Å². The van der Waals surface area contributed by atoms with Crippen LogP contribution in [0.2, 0.25) is 0 Å². The van der Waals surface area contributed by atoms with Crippen molar-refractivity contribution in [3.8, 4) is 0 Å². The largest absolute Gasteiger partial charge is 0.409 e. The van der Waals surface area contributed by atoms with Crippen molar-refractivity contribution in [3.05, 3.63) is 0 Å². The Hall–Kier alpha value is -1.26. The van der Waals surface area contributed by atoms with Crippen molar-refractivity contribution in [2.45, 2.75) is 82.6 Å². The van der Waals surface area contributed by atoms with Crippen LogP contribution in [0.15, 0.2) is 5.16 Å². The first kappa shape index (κ1) is 16.1. The van der Waals surface area contributed by atoms with Crippen LogP contribution in [0, 0.1) is 5.92 Å². The van der Waals surface area contributed by atoms with Crippen molar-refractivity contribution in [1.29, 1.82) is 0 Å². The van der Waals surface area contributed by atoms with Crippen LogP contribution in [0.4, 0.5) is 0 Å². The summed E-state index contributed by atoms with van der Waals surface area (Å²) in [6.07, 6.45) is 12.6. The zero-order valence-corrected chi connectivity index (χ0v) is 12.9. The average Bonchev–Trinajstić information content (AvgIpc) is 2.89. The van der Waals surface area contributed by atoms with Gasteiger partial charge >= 0.3 is 0 Å². The Morgan fingerprint density at radius 1 is 1.00 bits per heavy atom. The van der Waals surface area contributed by atoms with Gasteiger partial charge < -0.3 is 16.3 Å². The Morgan fingerprint density at radius 2 is 1.52 bits per heavy atom. The number of amidine groups is 1. The predicted molar refractivity (Wildman–Crippen MR) is 83.2 cm³/mol. The molecule has 0 heterocycles. The van der Waals surface area contributed by atoms with Crippen molar-refractivity contribution in [2.75, 3.05) is 0 Å². The highest BCUT2D eigenvalue weighted by Crippen LogP contribution is 2.29. The van der Waals surface area contributed by atoms with Gasteiger partial charge in [0.05, 0.1) is 0 Å². The second-order valence-electron chi connectivity index (χ2n) is 6.66. The second kappa shape index (κ2) is 7.66. The summed E-state index contributed by atoms with van der Waals surface area (Å²) < 4.78 is 0. The number of nitrogens with two attached hydrogens (primary N) is 1. The molecule has 120 valence electrons. The standard InChI is InChI=1S/C16H29N3O2/c17-15(19-21)16(11-7-3-4-8-12-16)18-14(20)13-9-5-1-2-6-10-13/h13,21H,1-12H2,(H2,17,19)(H,18,20). The molecule has 0 aromatic rings. The highest BCUT2D eigenvalue weighted by atomic mass is 16.4. The van der Waals surface area contributed by atoms with Crippen LogP contribution in [0.25, 0.3) is 0 Å². The lowest BCUT2D eigenvalue weighted by Crippen LogP contribution is -2.58. The van der Waals surface area contributed by atoms with Gasteiger partial charge in [0.2, 0.25) is 5.91 Å². The van der Waals surface area contributed by atoms with E-state index in [2.05, 4.69) is 10.5 Å². The molecule has 2 saturated carbocycles. The van der Waals surface area contributed by atoms with Crippen molar-refractivity contribution >= 4 is 11.7 Å². The highest BCUT2D eigenvalue weighted by molar-refractivity contribution is 5.94. The fourth-order valence-corrected chi connectivity index (χ4v) is 3.75. The number of carbonyl (C=O) groups is 1. The first-order valence-corrected chi connectivity index (χ1v) is 8.48. The number of oxime groups is 1. The third-order valence-electron chi connectivity index (χ3n) is 5.14. The zero-order chi connectivity index (χ0) is 15.1. The van der Waals surface area contributed by atoms with Gasteiger partial charge in [-0.2, -0.15) is 0 Å². The SMILES string of the molecule is NC(=NO)C1(NC(=O)C2CCCCCC2)CCCCCC1. The topological polar surface area (TPSA) is 87.7 Å². The average molecular weight is 295 g/mol. The van der Waals surface area contributed by atoms with Gasteiger partial charge in [0.25, 0.3) is 0 Å². The Bertz CT molecular complexity index is 366. The molecule has 0 saturated heterocycles. The van der Waals surface area contributed by atoms with Crippen molar-refractivity contribution in [1.82, 2.24) is 5.32 Å². The minimum Gasteiger partial charge on any atom is -0.409 e. The molecule has 5 heteroatoms. The Balaban J connectivity index is 2.08. The van der Waals surface area contributed by atoms with Crippen LogP contribution >= 0.6 is 0 Å². The third kappa shape index (κ3) is 4.11. The minimum atomic E-state index is -0.630. The van der Waals surface area contributed by atoms with Crippen molar-refractivity contribution in [2.24, 2.45) is 16.8 Å². The maximum atomic E-state index is 12.7. The molecule has 0 aromatic carbocycles. The number of amides is 1. The summed E-state index contributed by atoms with van der Waals surface area (Å²) in [6.45, 7) is 0. The second-order valence-corrected chi connectivity index (χ2v) is 6.66. The molecule has 21 heavy (non-hydrogen) atoms. The van der Waals surface area contributed by atoms with E-state index in [1.165, 1.54) is 12.8 Å². The van der Waals surface area contributed by atoms with Gasteiger partial charge in [-0.15, -0.1) is 0 Å². The van der Waals surface area contributed by atoms with E-state index in [1.807, 2.05) is 0 Å². The van der Waals surface area contributed by atoms with E-state index in [1.54, 1.807) is 0 Å². The number of hydrogen-bond donors (Lipinski definition) is 3. The maximum Gasteiger partial charge on any atom is 0.223 e. The van der Waals surface area contributed by atoms with E-state index in [-0.39, 0.29) is 17.7 Å². The van der Waals surface area contributed by atoms with Crippen molar-refractivity contribution < 1.29 is 10.0 Å². The monoisotopic (exact) mass is 295 g/mol. The summed E-state index contributed by atoms with van der Waals surface area (Å²) in [4.78, 5) is 12.7. The summed E-state index contributed by atoms with van der Waals surface area (Å²) in [5, 5.41) is 15.5. The molecule has 0 aromatic heterocycles. The molecule has 0 aliphatic heterocycles. The van der Waals surface area contributed by atoms with Crippen LogP contribution in [0.3, 0.4) is 0 Å². The van der Waals surface area contributed by atoms with E-state index in [0.717, 1.165) is 64.2 Å². The van der Waals surface area contributed by atoms with Crippen LogP contribution in [0.5, 0.6) is 0 Å². The lowest BCUT2D eigenvalue weighted by atomic mass is 9.87. The number of carbonyl (C=O) groups excluding carboxylic acids is 1. The van der Waals surface area contributed by atoms with E-state index in [9.17, 15) is 4.79 Å². The van der Waals surface area contributed by atoms with E-state index >= 15 is 0 Å². The van der Waals surface area contributed by atoms with Crippen LogP contribution in [0.1, 0.15) is 77.0 Å². The van der Waals surface area contributed by atoms with Crippen LogP contribution in [-0.2, 0) is 4.79 Å². The molecule has 2 fully saturated rings. The highest BCUT2D eigenvalue weighted by Gasteiger charge is 2.38. The van der Waals surface area contributed by atoms with Crippen molar-refractivity contribution in [3.63, 3.8) is 0 Å². The van der Waals surface area contributed by atoms with Gasteiger partial charge in [-0.3, -0.25) is 4.79 Å². The molecular weight excluding hydrogens is 266 g/mol. The molecule has 0 atom stereocenters.